The Labute approximate surface area is 211 Å². The Morgan fingerprint density at radius 1 is 1.11 bits per heavy atom. The van der Waals surface area contributed by atoms with Crippen LogP contribution in [0.25, 0.3) is 6.08 Å². The highest BCUT2D eigenvalue weighted by Gasteiger charge is 2.36. The normalized spacial score (nSPS) is 16.6. The molecule has 0 fully saturated rings. The Bertz CT molecular complexity index is 1310. The zero-order chi connectivity index (χ0) is 26.9. The van der Waals surface area contributed by atoms with E-state index in [4.69, 9.17) is 9.15 Å². The minimum Gasteiger partial charge on any atom is -0.507 e. The second-order valence-corrected chi connectivity index (χ2v) is 10.2. The number of ether oxygens (including phenoxy) is 1. The third-order valence-corrected chi connectivity index (χ3v) is 6.63. The molecule has 1 atom stereocenters. The highest BCUT2D eigenvalue weighted by atomic mass is 16.5. The summed E-state index contributed by atoms with van der Waals surface area (Å²) < 4.78 is 11.6. The molecule has 0 saturated heterocycles. The molecule has 1 aromatic heterocycles. The van der Waals surface area contributed by atoms with Gasteiger partial charge in [0.25, 0.3) is 0 Å². The lowest BCUT2D eigenvalue weighted by atomic mass is 9.87. The van der Waals surface area contributed by atoms with Crippen LogP contribution >= 0.6 is 0 Å². The molecule has 7 nitrogen and oxygen atoms in total. The molecular weight excluding hydrogens is 460 g/mol. The van der Waals surface area contributed by atoms with E-state index in [0.29, 0.717) is 24.2 Å². The van der Waals surface area contributed by atoms with Gasteiger partial charge in [-0.1, -0.05) is 32.4 Å². The molecule has 0 bridgehead atoms. The Balaban J connectivity index is 2.19. The van der Waals surface area contributed by atoms with Crippen molar-refractivity contribution >= 4 is 11.9 Å². The summed E-state index contributed by atoms with van der Waals surface area (Å²) in [6.45, 7) is 12.8. The average molecular weight is 497 g/mol. The van der Waals surface area contributed by atoms with E-state index in [2.05, 4.69) is 6.08 Å². The number of aromatic hydroxyl groups is 3. The first-order chi connectivity index (χ1) is 16.8. The van der Waals surface area contributed by atoms with Crippen molar-refractivity contribution in [3.8, 4) is 23.0 Å². The number of allylic oxidation sites excluding steroid dienone is 2. The Kier molecular flexibility index (Phi) is 7.72. The van der Waals surface area contributed by atoms with E-state index >= 15 is 0 Å². The summed E-state index contributed by atoms with van der Waals surface area (Å²) in [5.74, 6) is -1.39. The predicted octanol–water partition coefficient (Wildman–Crippen LogP) is 5.97. The van der Waals surface area contributed by atoms with Gasteiger partial charge in [0.1, 0.15) is 39.9 Å². The summed E-state index contributed by atoms with van der Waals surface area (Å²) in [6, 6.07) is 0. The minimum absolute atomic E-state index is 0.0450. The van der Waals surface area contributed by atoms with Gasteiger partial charge in [-0.25, -0.2) is 4.79 Å². The topological polar surface area (TPSA) is 117 Å². The fraction of sp³-hybridized carbons (Fsp3) is 0.448. The summed E-state index contributed by atoms with van der Waals surface area (Å²) in [5, 5.41) is 33.1. The number of hydrogen-bond acceptors (Lipinski definition) is 7. The molecule has 3 rings (SSSR count). The quantitative estimate of drug-likeness (QED) is 0.304. The second-order valence-electron chi connectivity index (χ2n) is 10.2. The Morgan fingerprint density at radius 3 is 2.36 bits per heavy atom. The van der Waals surface area contributed by atoms with Crippen LogP contribution in [-0.2, 0) is 12.8 Å². The molecule has 2 aromatic rings. The van der Waals surface area contributed by atoms with Crippen LogP contribution in [0.1, 0.15) is 92.8 Å². The van der Waals surface area contributed by atoms with E-state index in [1.165, 1.54) is 5.57 Å². The molecule has 3 N–H and O–H groups in total. The number of carbonyl (C=O) groups is 1. The van der Waals surface area contributed by atoms with Gasteiger partial charge in [0, 0.05) is 29.9 Å². The van der Waals surface area contributed by atoms with E-state index < -0.39 is 22.9 Å². The number of carbonyl (C=O) groups excluding carboxylic acids is 1. The fourth-order valence-corrected chi connectivity index (χ4v) is 4.40. The van der Waals surface area contributed by atoms with E-state index in [9.17, 15) is 24.9 Å². The number of rotatable bonds is 8. The van der Waals surface area contributed by atoms with Gasteiger partial charge >= 0.3 is 5.63 Å². The monoisotopic (exact) mass is 496 g/mol. The van der Waals surface area contributed by atoms with Crippen molar-refractivity contribution in [1.82, 2.24) is 0 Å². The van der Waals surface area contributed by atoms with E-state index in [-0.39, 0.29) is 51.7 Å². The smallest absolute Gasteiger partial charge is 0.343 e. The van der Waals surface area contributed by atoms with E-state index in [1.807, 2.05) is 26.8 Å². The van der Waals surface area contributed by atoms with Gasteiger partial charge in [0.15, 0.2) is 5.78 Å². The van der Waals surface area contributed by atoms with Crippen LogP contribution in [0.3, 0.4) is 0 Å². The summed E-state index contributed by atoms with van der Waals surface area (Å²) in [6.07, 6.45) is 7.09. The molecule has 1 aliphatic rings. The summed E-state index contributed by atoms with van der Waals surface area (Å²) in [5.41, 5.74) is 0.131. The number of Topliss-reactive ketones (excluding diaryl/α,β-unsaturated/α-hetero) is 1. The second kappa shape index (κ2) is 10.2. The van der Waals surface area contributed by atoms with Crippen LogP contribution in [0.2, 0.25) is 0 Å². The zero-order valence-electron chi connectivity index (χ0n) is 22.1. The standard InChI is InChI=1S/C29H36O7/c1-8-21-17(6)24(31)20(28(34)35-21)14-19-25(32)18-11-13-29(7,12-9-10-15(2)3)36-27(18)22(26(19)33)23(30)16(4)5/h10-11,13,16,31-33H,8-9,12,14H2,1-7H3. The van der Waals surface area contributed by atoms with Crippen molar-refractivity contribution < 1.29 is 29.3 Å². The lowest BCUT2D eigenvalue weighted by molar-refractivity contribution is 0.0912. The highest BCUT2D eigenvalue weighted by Crippen LogP contribution is 2.49. The van der Waals surface area contributed by atoms with E-state index in [1.54, 1.807) is 33.8 Å². The number of fused-ring (bicyclic) bond motifs is 1. The molecule has 1 aromatic carbocycles. The number of benzene rings is 1. The van der Waals surface area contributed by atoms with Crippen molar-refractivity contribution in [3.05, 3.63) is 61.7 Å². The molecule has 7 heteroatoms. The largest absolute Gasteiger partial charge is 0.507 e. The number of aryl methyl sites for hydroxylation is 1. The molecule has 1 aliphatic heterocycles. The van der Waals surface area contributed by atoms with Crippen LogP contribution in [-0.4, -0.2) is 26.7 Å². The van der Waals surface area contributed by atoms with Gasteiger partial charge in [0.2, 0.25) is 0 Å². The molecule has 2 heterocycles. The maximum atomic E-state index is 13.3. The van der Waals surface area contributed by atoms with Gasteiger partial charge in [-0.05, 0) is 52.7 Å². The van der Waals surface area contributed by atoms with Crippen LogP contribution in [0.5, 0.6) is 23.0 Å². The molecule has 0 amide bonds. The minimum atomic E-state index is -0.762. The third kappa shape index (κ3) is 5.06. The van der Waals surface area contributed by atoms with Crippen molar-refractivity contribution in [2.45, 2.75) is 79.8 Å². The Morgan fingerprint density at radius 2 is 1.78 bits per heavy atom. The van der Waals surface area contributed by atoms with Crippen LogP contribution in [0.15, 0.2) is 26.9 Å². The van der Waals surface area contributed by atoms with Crippen LogP contribution in [0.4, 0.5) is 0 Å². The maximum absolute atomic E-state index is 13.3. The highest BCUT2D eigenvalue weighted by molar-refractivity contribution is 6.05. The Hall–Kier alpha value is -3.48. The van der Waals surface area contributed by atoms with Crippen LogP contribution < -0.4 is 10.4 Å². The summed E-state index contributed by atoms with van der Waals surface area (Å²) in [4.78, 5) is 25.9. The number of ketones is 1. The average Bonchev–Trinajstić information content (AvgIpc) is 2.80. The zero-order valence-corrected chi connectivity index (χ0v) is 22.1. The van der Waals surface area contributed by atoms with Crippen molar-refractivity contribution in [2.75, 3.05) is 0 Å². The van der Waals surface area contributed by atoms with Crippen LogP contribution in [0, 0.1) is 12.8 Å². The van der Waals surface area contributed by atoms with Gasteiger partial charge in [-0.3, -0.25) is 4.79 Å². The third-order valence-electron chi connectivity index (χ3n) is 6.63. The van der Waals surface area contributed by atoms with Gasteiger partial charge in [-0.15, -0.1) is 0 Å². The van der Waals surface area contributed by atoms with E-state index in [0.717, 1.165) is 6.42 Å². The molecule has 194 valence electrons. The molecule has 36 heavy (non-hydrogen) atoms. The summed E-state index contributed by atoms with van der Waals surface area (Å²) >= 11 is 0. The number of hydrogen-bond donors (Lipinski definition) is 3. The van der Waals surface area contributed by atoms with Crippen molar-refractivity contribution in [2.24, 2.45) is 5.92 Å². The molecule has 1 unspecified atom stereocenters. The van der Waals surface area contributed by atoms with Gasteiger partial charge in [0.05, 0.1) is 11.1 Å². The maximum Gasteiger partial charge on any atom is 0.343 e. The number of phenolic OH excluding ortho intramolecular Hbond substituents is 2. The molecule has 0 spiro atoms. The first-order valence-electron chi connectivity index (χ1n) is 12.3. The van der Waals surface area contributed by atoms with Gasteiger partial charge < -0.3 is 24.5 Å². The first-order valence-corrected chi connectivity index (χ1v) is 12.3. The molecule has 0 aliphatic carbocycles. The first kappa shape index (κ1) is 27.1. The fourth-order valence-electron chi connectivity index (χ4n) is 4.40. The number of phenols is 2. The lowest BCUT2D eigenvalue weighted by Gasteiger charge is -2.34. The van der Waals surface area contributed by atoms with Crippen molar-refractivity contribution in [3.63, 3.8) is 0 Å². The lowest BCUT2D eigenvalue weighted by Crippen LogP contribution is -2.33. The SMILES string of the molecule is CCc1oc(=O)c(Cc2c(O)c3c(c(C(=O)C(C)C)c2O)OC(C)(CCC=C(C)C)C=C3)c(O)c1C. The van der Waals surface area contributed by atoms with Gasteiger partial charge in [-0.2, -0.15) is 0 Å². The van der Waals surface area contributed by atoms with Crippen molar-refractivity contribution in [1.29, 1.82) is 0 Å². The molecule has 0 radical (unpaired) electrons. The summed E-state index contributed by atoms with van der Waals surface area (Å²) in [7, 11) is 0. The predicted molar refractivity (Wildman–Crippen MR) is 139 cm³/mol. The molecule has 0 saturated carbocycles. The molecular formula is C29H36O7.